The van der Waals surface area contributed by atoms with E-state index in [2.05, 4.69) is 4.90 Å². The molecule has 0 aliphatic carbocycles. The van der Waals surface area contributed by atoms with Gasteiger partial charge >= 0.3 is 5.97 Å². The van der Waals surface area contributed by atoms with Gasteiger partial charge in [-0.2, -0.15) is 0 Å². The minimum Gasteiger partial charge on any atom is -0.478 e. The van der Waals surface area contributed by atoms with E-state index in [1.165, 1.54) is 12.1 Å². The Morgan fingerprint density at radius 1 is 1.08 bits per heavy atom. The third-order valence-corrected chi connectivity index (χ3v) is 4.22. The van der Waals surface area contributed by atoms with Gasteiger partial charge in [-0.1, -0.05) is 12.1 Å². The molecule has 0 saturated carbocycles. The van der Waals surface area contributed by atoms with E-state index in [0.29, 0.717) is 12.1 Å². The third-order valence-electron chi connectivity index (χ3n) is 4.22. The Morgan fingerprint density at radius 3 is 2.46 bits per heavy atom. The SMILES string of the molecule is O=C(O)c1ccc(-c2cccn(CCN3CCOCC3)c2=O)cc1. The van der Waals surface area contributed by atoms with Gasteiger partial charge in [0.05, 0.1) is 18.8 Å². The molecule has 1 N–H and O–H groups in total. The second-order valence-corrected chi connectivity index (χ2v) is 5.76. The van der Waals surface area contributed by atoms with Crippen LogP contribution in [0.1, 0.15) is 10.4 Å². The summed E-state index contributed by atoms with van der Waals surface area (Å²) in [5.41, 5.74) is 1.46. The number of carboxylic acid groups (broad SMARTS) is 1. The van der Waals surface area contributed by atoms with Gasteiger partial charge in [-0.25, -0.2) is 4.79 Å². The largest absolute Gasteiger partial charge is 0.478 e. The van der Waals surface area contributed by atoms with Gasteiger partial charge < -0.3 is 14.4 Å². The Bertz CT molecular complexity index is 761. The molecule has 126 valence electrons. The Balaban J connectivity index is 1.77. The molecule has 0 amide bonds. The molecule has 2 aromatic rings. The Hall–Kier alpha value is -2.44. The number of aromatic nitrogens is 1. The molecule has 1 aromatic heterocycles. The maximum Gasteiger partial charge on any atom is 0.335 e. The average molecular weight is 328 g/mol. The topological polar surface area (TPSA) is 71.8 Å². The van der Waals surface area contributed by atoms with Crippen LogP contribution in [-0.4, -0.2) is 53.4 Å². The second kappa shape index (κ2) is 7.42. The number of pyridine rings is 1. The van der Waals surface area contributed by atoms with Crippen LogP contribution in [0, 0.1) is 0 Å². The van der Waals surface area contributed by atoms with Crippen molar-refractivity contribution in [3.63, 3.8) is 0 Å². The van der Waals surface area contributed by atoms with Crippen molar-refractivity contribution in [2.45, 2.75) is 6.54 Å². The number of carbonyl (C=O) groups is 1. The van der Waals surface area contributed by atoms with Gasteiger partial charge in [0.1, 0.15) is 0 Å². The number of ether oxygens (including phenoxy) is 1. The number of hydrogen-bond donors (Lipinski definition) is 1. The maximum atomic E-state index is 12.7. The molecule has 0 unspecified atom stereocenters. The highest BCUT2D eigenvalue weighted by Crippen LogP contribution is 2.16. The number of nitrogens with zero attached hydrogens (tertiary/aromatic N) is 2. The maximum absolute atomic E-state index is 12.7. The van der Waals surface area contributed by atoms with Gasteiger partial charge in [-0.05, 0) is 29.8 Å². The zero-order valence-corrected chi connectivity index (χ0v) is 13.4. The first-order valence-electron chi connectivity index (χ1n) is 7.98. The summed E-state index contributed by atoms with van der Waals surface area (Å²) in [6.45, 7) is 4.70. The number of morpholine rings is 1. The van der Waals surface area contributed by atoms with Gasteiger partial charge in [0.25, 0.3) is 5.56 Å². The highest BCUT2D eigenvalue weighted by molar-refractivity contribution is 5.88. The van der Waals surface area contributed by atoms with Crippen LogP contribution < -0.4 is 5.56 Å². The van der Waals surface area contributed by atoms with E-state index >= 15 is 0 Å². The number of carboxylic acids is 1. The quantitative estimate of drug-likeness (QED) is 0.901. The Labute approximate surface area is 139 Å². The summed E-state index contributed by atoms with van der Waals surface area (Å²) in [4.78, 5) is 25.9. The van der Waals surface area contributed by atoms with Gasteiger partial charge in [0.2, 0.25) is 0 Å². The first-order valence-corrected chi connectivity index (χ1v) is 7.98. The zero-order chi connectivity index (χ0) is 16.9. The monoisotopic (exact) mass is 328 g/mol. The molecule has 1 saturated heterocycles. The molecule has 6 heteroatoms. The fourth-order valence-electron chi connectivity index (χ4n) is 2.80. The van der Waals surface area contributed by atoms with Crippen LogP contribution in [0.25, 0.3) is 11.1 Å². The summed E-state index contributed by atoms with van der Waals surface area (Å²) in [7, 11) is 0. The van der Waals surface area contributed by atoms with Crippen molar-refractivity contribution in [1.82, 2.24) is 9.47 Å². The lowest BCUT2D eigenvalue weighted by molar-refractivity contribution is 0.0363. The van der Waals surface area contributed by atoms with E-state index in [0.717, 1.165) is 38.4 Å². The second-order valence-electron chi connectivity index (χ2n) is 5.76. The summed E-state index contributed by atoms with van der Waals surface area (Å²) in [5, 5.41) is 8.96. The Morgan fingerprint density at radius 2 is 1.79 bits per heavy atom. The predicted molar refractivity (Wildman–Crippen MR) is 90.4 cm³/mol. The molecule has 0 radical (unpaired) electrons. The standard InChI is InChI=1S/C18H20N2O4/c21-17-16(14-3-5-15(6-4-14)18(22)23)2-1-7-20(17)9-8-19-10-12-24-13-11-19/h1-7H,8-13H2,(H,22,23). The summed E-state index contributed by atoms with van der Waals surface area (Å²) in [6.07, 6.45) is 1.79. The lowest BCUT2D eigenvalue weighted by Gasteiger charge is -2.26. The molecular formula is C18H20N2O4. The van der Waals surface area contributed by atoms with E-state index in [1.807, 2.05) is 6.07 Å². The molecular weight excluding hydrogens is 308 g/mol. The minimum atomic E-state index is -0.975. The summed E-state index contributed by atoms with van der Waals surface area (Å²) >= 11 is 0. The molecule has 6 nitrogen and oxygen atoms in total. The minimum absolute atomic E-state index is 0.0613. The van der Waals surface area contributed by atoms with Crippen molar-refractivity contribution in [3.05, 3.63) is 58.5 Å². The third kappa shape index (κ3) is 3.72. The fraction of sp³-hybridized carbons (Fsp3) is 0.333. The molecule has 1 fully saturated rings. The van der Waals surface area contributed by atoms with Crippen molar-refractivity contribution in [2.75, 3.05) is 32.8 Å². The lowest BCUT2D eigenvalue weighted by Crippen LogP contribution is -2.39. The highest BCUT2D eigenvalue weighted by atomic mass is 16.5. The molecule has 2 heterocycles. The molecule has 3 rings (SSSR count). The number of benzene rings is 1. The van der Waals surface area contributed by atoms with Crippen LogP contribution in [0.4, 0.5) is 0 Å². The lowest BCUT2D eigenvalue weighted by atomic mass is 10.1. The van der Waals surface area contributed by atoms with Gasteiger partial charge in [-0.15, -0.1) is 0 Å². The summed E-state index contributed by atoms with van der Waals surface area (Å²) < 4.78 is 7.03. The summed E-state index contributed by atoms with van der Waals surface area (Å²) in [5.74, 6) is -0.975. The number of aromatic carboxylic acids is 1. The van der Waals surface area contributed by atoms with Gasteiger partial charge in [0, 0.05) is 37.9 Å². The van der Waals surface area contributed by atoms with Crippen molar-refractivity contribution in [3.8, 4) is 11.1 Å². The van der Waals surface area contributed by atoms with Crippen molar-refractivity contribution in [2.24, 2.45) is 0 Å². The van der Waals surface area contributed by atoms with E-state index in [4.69, 9.17) is 9.84 Å². The van der Waals surface area contributed by atoms with Gasteiger partial charge in [0.15, 0.2) is 0 Å². The van der Waals surface area contributed by atoms with Crippen LogP contribution in [0.2, 0.25) is 0 Å². The van der Waals surface area contributed by atoms with E-state index < -0.39 is 5.97 Å². The first kappa shape index (κ1) is 16.4. The van der Waals surface area contributed by atoms with Crippen LogP contribution >= 0.6 is 0 Å². The smallest absolute Gasteiger partial charge is 0.335 e. The molecule has 0 bridgehead atoms. The summed E-state index contributed by atoms with van der Waals surface area (Å²) in [6, 6.07) is 9.99. The van der Waals surface area contributed by atoms with E-state index in [1.54, 1.807) is 29.0 Å². The molecule has 1 aliphatic heterocycles. The zero-order valence-electron chi connectivity index (χ0n) is 13.4. The highest BCUT2D eigenvalue weighted by Gasteiger charge is 2.12. The van der Waals surface area contributed by atoms with Crippen LogP contribution in [0.15, 0.2) is 47.4 Å². The fourth-order valence-corrected chi connectivity index (χ4v) is 2.80. The van der Waals surface area contributed by atoms with Crippen molar-refractivity contribution in [1.29, 1.82) is 0 Å². The molecule has 0 spiro atoms. The molecule has 1 aliphatic rings. The molecule has 1 aromatic carbocycles. The van der Waals surface area contributed by atoms with Crippen molar-refractivity contribution < 1.29 is 14.6 Å². The normalized spacial score (nSPS) is 15.3. The number of rotatable bonds is 5. The van der Waals surface area contributed by atoms with Crippen LogP contribution in [-0.2, 0) is 11.3 Å². The van der Waals surface area contributed by atoms with Crippen molar-refractivity contribution >= 4 is 5.97 Å². The van der Waals surface area contributed by atoms with Crippen LogP contribution in [0.5, 0.6) is 0 Å². The van der Waals surface area contributed by atoms with E-state index in [-0.39, 0.29) is 11.1 Å². The molecule has 24 heavy (non-hydrogen) atoms. The Kier molecular flexibility index (Phi) is 5.08. The first-order chi connectivity index (χ1) is 11.6. The number of hydrogen-bond acceptors (Lipinski definition) is 4. The molecule has 0 atom stereocenters. The average Bonchev–Trinajstić information content (AvgIpc) is 2.62. The van der Waals surface area contributed by atoms with Crippen LogP contribution in [0.3, 0.4) is 0 Å². The van der Waals surface area contributed by atoms with Gasteiger partial charge in [-0.3, -0.25) is 9.69 Å². The van der Waals surface area contributed by atoms with E-state index in [9.17, 15) is 9.59 Å². The predicted octanol–water partition coefficient (Wildman–Crippen LogP) is 1.55.